The molecule has 2 aliphatic rings. The van der Waals surface area contributed by atoms with E-state index < -0.39 is 11.7 Å². The zero-order valence-electron chi connectivity index (χ0n) is 19.9. The van der Waals surface area contributed by atoms with Crippen LogP contribution in [0, 0.1) is 5.41 Å². The highest BCUT2D eigenvalue weighted by atomic mass is 32.2. The van der Waals surface area contributed by atoms with Gasteiger partial charge in [-0.05, 0) is 55.8 Å². The molecule has 0 bridgehead atoms. The fourth-order valence-electron chi connectivity index (χ4n) is 5.36. The Morgan fingerprint density at radius 1 is 1.14 bits per heavy atom. The Morgan fingerprint density at radius 2 is 1.94 bits per heavy atom. The predicted octanol–water partition coefficient (Wildman–Crippen LogP) is 4.98. The number of benzene rings is 1. The molecule has 2 unspecified atom stereocenters. The normalized spacial score (nSPS) is 22.7. The van der Waals surface area contributed by atoms with Gasteiger partial charge in [0.15, 0.2) is 11.0 Å². The van der Waals surface area contributed by atoms with Gasteiger partial charge in [0.05, 0.1) is 5.56 Å². The average molecular weight is 503 g/mol. The van der Waals surface area contributed by atoms with Crippen molar-refractivity contribution in [3.63, 3.8) is 0 Å². The van der Waals surface area contributed by atoms with Crippen molar-refractivity contribution in [2.75, 3.05) is 36.8 Å². The Balaban J connectivity index is 1.14. The second-order valence-corrected chi connectivity index (χ2v) is 10.8. The number of nitrogens with zero attached hydrogens (tertiary/aromatic N) is 6. The van der Waals surface area contributed by atoms with Crippen LogP contribution in [0.5, 0.6) is 0 Å². The van der Waals surface area contributed by atoms with Crippen LogP contribution in [0.25, 0.3) is 11.4 Å². The molecular formula is C25H29F3N6S. The van der Waals surface area contributed by atoms with E-state index in [2.05, 4.69) is 31.9 Å². The number of rotatable bonds is 7. The second-order valence-electron chi connectivity index (χ2n) is 9.70. The fraction of sp³-hybridized carbons (Fsp3) is 0.480. The quantitative estimate of drug-likeness (QED) is 0.336. The predicted molar refractivity (Wildman–Crippen MR) is 131 cm³/mol. The smallest absolute Gasteiger partial charge is 0.367 e. The van der Waals surface area contributed by atoms with Crippen LogP contribution in [0.4, 0.5) is 18.9 Å². The fourth-order valence-corrected chi connectivity index (χ4v) is 6.19. The van der Waals surface area contributed by atoms with E-state index in [0.29, 0.717) is 6.04 Å². The third-order valence-corrected chi connectivity index (χ3v) is 8.36. The summed E-state index contributed by atoms with van der Waals surface area (Å²) in [5.74, 6) is 1.75. The maximum Gasteiger partial charge on any atom is 0.416 e. The van der Waals surface area contributed by atoms with Gasteiger partial charge in [0, 0.05) is 67.5 Å². The van der Waals surface area contributed by atoms with E-state index in [4.69, 9.17) is 0 Å². The van der Waals surface area contributed by atoms with Gasteiger partial charge in [0.25, 0.3) is 0 Å². The Bertz CT molecular complexity index is 1150. The maximum absolute atomic E-state index is 12.9. The molecule has 0 spiro atoms. The Labute approximate surface area is 207 Å². The summed E-state index contributed by atoms with van der Waals surface area (Å²) in [6.45, 7) is 6.16. The molecule has 2 saturated heterocycles. The Kier molecular flexibility index (Phi) is 6.52. The lowest BCUT2D eigenvalue weighted by Crippen LogP contribution is -2.37. The van der Waals surface area contributed by atoms with Gasteiger partial charge in [-0.2, -0.15) is 13.2 Å². The van der Waals surface area contributed by atoms with Gasteiger partial charge in [0.2, 0.25) is 0 Å². The van der Waals surface area contributed by atoms with Crippen LogP contribution in [-0.2, 0) is 13.2 Å². The molecule has 0 saturated carbocycles. The number of aromatic nitrogens is 4. The molecule has 0 amide bonds. The zero-order valence-corrected chi connectivity index (χ0v) is 20.7. The zero-order chi connectivity index (χ0) is 24.6. The molecule has 1 aromatic carbocycles. The number of halogens is 3. The van der Waals surface area contributed by atoms with Crippen molar-refractivity contribution in [1.29, 1.82) is 0 Å². The third kappa shape index (κ3) is 4.91. The molecule has 186 valence electrons. The molecule has 35 heavy (non-hydrogen) atoms. The first-order valence-electron chi connectivity index (χ1n) is 11.8. The Hall–Kier alpha value is -2.59. The van der Waals surface area contributed by atoms with Crippen LogP contribution in [0.1, 0.15) is 25.3 Å². The van der Waals surface area contributed by atoms with Gasteiger partial charge in [-0.15, -0.1) is 10.2 Å². The molecule has 2 fully saturated rings. The monoisotopic (exact) mass is 502 g/mol. The highest BCUT2D eigenvalue weighted by Gasteiger charge is 2.50. The second kappa shape index (κ2) is 9.46. The van der Waals surface area contributed by atoms with Gasteiger partial charge in [0.1, 0.15) is 0 Å². The number of pyridine rings is 1. The minimum atomic E-state index is -4.30. The number of likely N-dealkylation sites (tertiary alicyclic amines) is 1. The first-order valence-corrected chi connectivity index (χ1v) is 12.8. The summed E-state index contributed by atoms with van der Waals surface area (Å²) in [6, 6.07) is 9.82. The molecule has 2 aliphatic heterocycles. The number of anilines is 1. The van der Waals surface area contributed by atoms with E-state index in [0.717, 1.165) is 67.0 Å². The number of hydrogen-bond acceptors (Lipinski definition) is 6. The largest absolute Gasteiger partial charge is 0.416 e. The van der Waals surface area contributed by atoms with E-state index in [1.807, 2.05) is 23.7 Å². The van der Waals surface area contributed by atoms with E-state index >= 15 is 0 Å². The number of thioether (sulfide) groups is 1. The molecule has 0 aliphatic carbocycles. The van der Waals surface area contributed by atoms with E-state index in [-0.39, 0.29) is 5.41 Å². The molecule has 5 rings (SSSR count). The molecule has 10 heteroatoms. The van der Waals surface area contributed by atoms with Crippen LogP contribution < -0.4 is 4.90 Å². The van der Waals surface area contributed by atoms with Crippen LogP contribution in [0.15, 0.2) is 53.9 Å². The molecule has 6 nitrogen and oxygen atoms in total. The van der Waals surface area contributed by atoms with Crippen molar-refractivity contribution in [3.05, 3.63) is 54.4 Å². The lowest BCUT2D eigenvalue weighted by molar-refractivity contribution is -0.137. The standard InChI is InChI=1S/C25H29F3N6S/c1-24-10-13-34(20-8-6-19(7-9-20)25(26,27)28)21(24)16-33(17-24)12-4-14-35-23-31-30-22(32(23)2)18-5-3-11-29-15-18/h3,5-9,11,15,21H,4,10,12-14,16-17H2,1-2H3. The SMILES string of the molecule is Cn1c(SCCCN2CC3N(c4ccc(C(F)(F)F)cc4)CCC3(C)C2)nnc1-c1cccnc1. The first kappa shape index (κ1) is 24.1. The summed E-state index contributed by atoms with van der Waals surface area (Å²) >= 11 is 1.71. The van der Waals surface area contributed by atoms with Crippen LogP contribution in [-0.4, -0.2) is 62.6 Å². The van der Waals surface area contributed by atoms with Gasteiger partial charge < -0.3 is 14.4 Å². The molecule has 0 radical (unpaired) electrons. The summed E-state index contributed by atoms with van der Waals surface area (Å²) in [7, 11) is 1.98. The summed E-state index contributed by atoms with van der Waals surface area (Å²) in [5.41, 5.74) is 1.40. The van der Waals surface area contributed by atoms with Crippen molar-refractivity contribution >= 4 is 17.4 Å². The van der Waals surface area contributed by atoms with Crippen molar-refractivity contribution in [2.45, 2.75) is 37.1 Å². The number of alkyl halides is 3. The molecule has 0 N–H and O–H groups in total. The van der Waals surface area contributed by atoms with E-state index in [9.17, 15) is 13.2 Å². The van der Waals surface area contributed by atoms with Gasteiger partial charge in [-0.1, -0.05) is 18.7 Å². The van der Waals surface area contributed by atoms with Crippen LogP contribution in [0.3, 0.4) is 0 Å². The maximum atomic E-state index is 12.9. The summed E-state index contributed by atoms with van der Waals surface area (Å²) in [6.07, 6.45) is 1.32. The van der Waals surface area contributed by atoms with Gasteiger partial charge in [-0.3, -0.25) is 4.98 Å². The van der Waals surface area contributed by atoms with Crippen LogP contribution >= 0.6 is 11.8 Å². The van der Waals surface area contributed by atoms with Gasteiger partial charge in [-0.25, -0.2) is 0 Å². The highest BCUT2D eigenvalue weighted by molar-refractivity contribution is 7.99. The van der Waals surface area contributed by atoms with Crippen LogP contribution in [0.2, 0.25) is 0 Å². The van der Waals surface area contributed by atoms with Crippen molar-refractivity contribution in [3.8, 4) is 11.4 Å². The highest BCUT2D eigenvalue weighted by Crippen LogP contribution is 2.44. The lowest BCUT2D eigenvalue weighted by atomic mass is 9.85. The summed E-state index contributed by atoms with van der Waals surface area (Å²) < 4.78 is 40.8. The molecular weight excluding hydrogens is 473 g/mol. The minimum absolute atomic E-state index is 0.165. The first-order chi connectivity index (χ1) is 16.7. The average Bonchev–Trinajstić information content (AvgIpc) is 3.47. The van der Waals surface area contributed by atoms with Crippen molar-refractivity contribution in [2.24, 2.45) is 12.5 Å². The molecule has 2 aromatic heterocycles. The van der Waals surface area contributed by atoms with Gasteiger partial charge >= 0.3 is 6.18 Å². The topological polar surface area (TPSA) is 50.1 Å². The number of hydrogen-bond donors (Lipinski definition) is 0. The molecule has 3 aromatic rings. The summed E-state index contributed by atoms with van der Waals surface area (Å²) in [5, 5.41) is 9.55. The molecule has 4 heterocycles. The Morgan fingerprint density at radius 3 is 2.66 bits per heavy atom. The van der Waals surface area contributed by atoms with Crippen molar-refractivity contribution in [1.82, 2.24) is 24.6 Å². The minimum Gasteiger partial charge on any atom is -0.367 e. The van der Waals surface area contributed by atoms with E-state index in [1.54, 1.807) is 36.3 Å². The number of fused-ring (bicyclic) bond motifs is 1. The third-order valence-electron chi connectivity index (χ3n) is 7.25. The van der Waals surface area contributed by atoms with E-state index in [1.165, 1.54) is 12.1 Å². The lowest BCUT2D eigenvalue weighted by Gasteiger charge is -2.30. The van der Waals surface area contributed by atoms with Crippen molar-refractivity contribution < 1.29 is 13.2 Å². The summed E-state index contributed by atoms with van der Waals surface area (Å²) in [4.78, 5) is 8.96. The molecule has 2 atom stereocenters.